The molecule has 0 saturated carbocycles. The van der Waals surface area contributed by atoms with Gasteiger partial charge in [0.05, 0.1) is 6.61 Å². The van der Waals surface area contributed by atoms with Gasteiger partial charge in [0, 0.05) is 7.11 Å². The standard InChI is InChI=1S/C4H11O3PS2/c1-6-8(5,10)7-3-2-4-9/h9H,2-4H2,1H3,(H,5,10)/p-1. The van der Waals surface area contributed by atoms with E-state index in [1.807, 2.05) is 0 Å². The van der Waals surface area contributed by atoms with Crippen LogP contribution < -0.4 is 4.89 Å². The van der Waals surface area contributed by atoms with Gasteiger partial charge in [-0.1, -0.05) is 11.8 Å². The minimum absolute atomic E-state index is 0.345. The van der Waals surface area contributed by atoms with Crippen LogP contribution in [-0.2, 0) is 20.9 Å². The first-order chi connectivity index (χ1) is 4.62. The highest BCUT2D eigenvalue weighted by molar-refractivity contribution is 8.06. The number of hydrogen-bond donors (Lipinski definition) is 1. The fraction of sp³-hybridized carbons (Fsp3) is 1.00. The molecule has 0 fully saturated rings. The van der Waals surface area contributed by atoms with Gasteiger partial charge in [-0.25, -0.2) is 0 Å². The summed E-state index contributed by atoms with van der Waals surface area (Å²) in [7, 11) is 1.27. The van der Waals surface area contributed by atoms with Crippen molar-refractivity contribution in [1.82, 2.24) is 0 Å². The van der Waals surface area contributed by atoms with E-state index in [2.05, 4.69) is 29.0 Å². The van der Waals surface area contributed by atoms with Crippen molar-refractivity contribution in [1.29, 1.82) is 0 Å². The van der Waals surface area contributed by atoms with Crippen molar-refractivity contribution in [3.8, 4) is 0 Å². The van der Waals surface area contributed by atoms with E-state index in [1.165, 1.54) is 7.11 Å². The molecule has 0 aliphatic rings. The molecule has 0 aliphatic heterocycles. The lowest BCUT2D eigenvalue weighted by Gasteiger charge is -2.24. The van der Waals surface area contributed by atoms with Crippen molar-refractivity contribution >= 4 is 31.2 Å². The molecule has 0 aromatic heterocycles. The molecule has 0 heterocycles. The maximum atomic E-state index is 10.8. The first-order valence-electron chi connectivity index (χ1n) is 2.74. The van der Waals surface area contributed by atoms with Crippen molar-refractivity contribution in [2.75, 3.05) is 19.5 Å². The van der Waals surface area contributed by atoms with Crippen LogP contribution in [0.4, 0.5) is 0 Å². The lowest BCUT2D eigenvalue weighted by Crippen LogP contribution is -2.06. The van der Waals surface area contributed by atoms with Gasteiger partial charge in [-0.05, 0) is 12.2 Å². The van der Waals surface area contributed by atoms with Gasteiger partial charge in [-0.3, -0.25) is 0 Å². The Morgan fingerprint density at radius 1 is 1.70 bits per heavy atom. The number of hydrogen-bond acceptors (Lipinski definition) is 5. The first kappa shape index (κ1) is 10.9. The van der Waals surface area contributed by atoms with E-state index in [0.29, 0.717) is 12.4 Å². The Balaban J connectivity index is 3.38. The van der Waals surface area contributed by atoms with Crippen LogP contribution in [0, 0.1) is 0 Å². The zero-order valence-corrected chi connectivity index (χ0v) is 8.25. The third-order valence-corrected chi connectivity index (χ3v) is 2.80. The van der Waals surface area contributed by atoms with Crippen LogP contribution in [0.2, 0.25) is 0 Å². The van der Waals surface area contributed by atoms with E-state index in [9.17, 15) is 4.89 Å². The summed E-state index contributed by atoms with van der Waals surface area (Å²) in [5.41, 5.74) is 0. The summed E-state index contributed by atoms with van der Waals surface area (Å²) in [5, 5.41) is 0. The molecule has 0 saturated heterocycles. The first-order valence-corrected chi connectivity index (χ1v) is 5.93. The van der Waals surface area contributed by atoms with Crippen LogP contribution in [0.3, 0.4) is 0 Å². The molecule has 0 aromatic rings. The topological polar surface area (TPSA) is 41.5 Å². The van der Waals surface area contributed by atoms with E-state index in [4.69, 9.17) is 4.52 Å². The zero-order valence-electron chi connectivity index (χ0n) is 5.65. The van der Waals surface area contributed by atoms with Crippen LogP contribution in [0.5, 0.6) is 0 Å². The van der Waals surface area contributed by atoms with E-state index in [1.54, 1.807) is 0 Å². The summed E-state index contributed by atoms with van der Waals surface area (Å²) in [6.07, 6.45) is 0.729. The molecule has 10 heavy (non-hydrogen) atoms. The molecule has 0 amide bonds. The summed E-state index contributed by atoms with van der Waals surface area (Å²) in [6, 6.07) is 0. The van der Waals surface area contributed by atoms with Crippen molar-refractivity contribution in [2.45, 2.75) is 6.42 Å². The molecule has 0 aromatic carbocycles. The molecular formula is C4H10O3PS2-. The van der Waals surface area contributed by atoms with Crippen molar-refractivity contribution in [2.24, 2.45) is 0 Å². The van der Waals surface area contributed by atoms with Gasteiger partial charge >= 0.3 is 0 Å². The average Bonchev–Trinajstić information content (AvgIpc) is 1.89. The fourth-order valence-corrected chi connectivity index (χ4v) is 1.10. The van der Waals surface area contributed by atoms with E-state index in [0.717, 1.165) is 6.42 Å². The third-order valence-electron chi connectivity index (χ3n) is 0.775. The Morgan fingerprint density at radius 2 is 2.30 bits per heavy atom. The molecule has 0 rings (SSSR count). The minimum Gasteiger partial charge on any atom is -0.780 e. The highest BCUT2D eigenvalue weighted by atomic mass is 32.5. The Bertz CT molecular complexity index is 130. The summed E-state index contributed by atoms with van der Waals surface area (Å²) >= 11 is 8.38. The minimum atomic E-state index is -3.15. The van der Waals surface area contributed by atoms with Gasteiger partial charge < -0.3 is 13.9 Å². The van der Waals surface area contributed by atoms with Crippen molar-refractivity contribution < 1.29 is 13.9 Å². The van der Waals surface area contributed by atoms with E-state index < -0.39 is 6.72 Å². The van der Waals surface area contributed by atoms with E-state index in [-0.39, 0.29) is 0 Å². The molecule has 62 valence electrons. The monoisotopic (exact) mass is 201 g/mol. The molecular weight excluding hydrogens is 191 g/mol. The normalized spacial score (nSPS) is 16.7. The number of rotatable bonds is 5. The molecule has 6 heteroatoms. The van der Waals surface area contributed by atoms with Gasteiger partial charge in [0.15, 0.2) is 0 Å². The van der Waals surface area contributed by atoms with Crippen LogP contribution in [-0.4, -0.2) is 19.5 Å². The van der Waals surface area contributed by atoms with Crippen LogP contribution in [0.1, 0.15) is 6.42 Å². The van der Waals surface area contributed by atoms with Gasteiger partial charge in [0.25, 0.3) is 0 Å². The van der Waals surface area contributed by atoms with Crippen LogP contribution in [0.25, 0.3) is 0 Å². The van der Waals surface area contributed by atoms with Crippen LogP contribution >= 0.6 is 19.3 Å². The second-order valence-electron chi connectivity index (χ2n) is 1.54. The maximum absolute atomic E-state index is 10.8. The summed E-state index contributed by atoms with van der Waals surface area (Å²) in [4.78, 5) is 10.8. The Labute approximate surface area is 71.4 Å². The maximum Gasteiger partial charge on any atom is 0.115 e. The third kappa shape index (κ3) is 5.65. The highest BCUT2D eigenvalue weighted by Crippen LogP contribution is 2.37. The molecule has 0 aliphatic carbocycles. The molecule has 0 spiro atoms. The summed E-state index contributed by atoms with van der Waals surface area (Å²) in [6.45, 7) is -2.81. The van der Waals surface area contributed by atoms with Crippen LogP contribution in [0.15, 0.2) is 0 Å². The van der Waals surface area contributed by atoms with Crippen molar-refractivity contribution in [3.05, 3.63) is 0 Å². The average molecular weight is 201 g/mol. The predicted octanol–water partition coefficient (Wildman–Crippen LogP) is 0.554. The lowest BCUT2D eigenvalue weighted by atomic mass is 10.5. The van der Waals surface area contributed by atoms with Crippen molar-refractivity contribution in [3.63, 3.8) is 0 Å². The molecule has 3 nitrogen and oxygen atoms in total. The SMILES string of the molecule is COP([O-])(=S)OCCCS. The lowest BCUT2D eigenvalue weighted by molar-refractivity contribution is -0.204. The van der Waals surface area contributed by atoms with Gasteiger partial charge in [-0.15, -0.1) is 0 Å². The summed E-state index contributed by atoms with van der Waals surface area (Å²) in [5.74, 6) is 0.693. The summed E-state index contributed by atoms with van der Waals surface area (Å²) < 4.78 is 9.13. The molecule has 0 N–H and O–H groups in total. The Morgan fingerprint density at radius 3 is 2.70 bits per heavy atom. The highest BCUT2D eigenvalue weighted by Gasteiger charge is 1.98. The van der Waals surface area contributed by atoms with E-state index >= 15 is 0 Å². The largest absolute Gasteiger partial charge is 0.780 e. The molecule has 1 unspecified atom stereocenters. The quantitative estimate of drug-likeness (QED) is 0.401. The second kappa shape index (κ2) is 5.52. The predicted molar refractivity (Wildman–Crippen MR) is 45.7 cm³/mol. The number of thiol groups is 1. The molecule has 0 radical (unpaired) electrons. The Hall–Kier alpha value is 0.880. The molecule has 1 atom stereocenters. The van der Waals surface area contributed by atoms with Gasteiger partial charge in [-0.2, -0.15) is 12.6 Å². The fourth-order valence-electron chi connectivity index (χ4n) is 0.294. The van der Waals surface area contributed by atoms with Gasteiger partial charge in [0.2, 0.25) is 0 Å². The molecule has 0 bridgehead atoms. The second-order valence-corrected chi connectivity index (χ2v) is 4.85. The Kier molecular flexibility index (Phi) is 6.01. The smallest absolute Gasteiger partial charge is 0.115 e. The van der Waals surface area contributed by atoms with Gasteiger partial charge in [0.1, 0.15) is 6.72 Å². The zero-order chi connectivity index (χ0) is 8.04.